The highest BCUT2D eigenvalue weighted by Crippen LogP contribution is 2.15. The number of halogens is 1. The molecule has 0 aliphatic carbocycles. The van der Waals surface area contributed by atoms with E-state index in [0.717, 1.165) is 43.9 Å². The molecule has 4 rings (SSSR count). The Hall–Kier alpha value is -2.67. The summed E-state index contributed by atoms with van der Waals surface area (Å²) >= 11 is 5.84. The maximum absolute atomic E-state index is 12.6. The highest BCUT2D eigenvalue weighted by molar-refractivity contribution is 6.30. The Bertz CT molecular complexity index is 1050. The molecule has 7 heteroatoms. The first-order valence-electron chi connectivity index (χ1n) is 10.4. The fraction of sp³-hybridized carbons (Fsp3) is 0.333. The van der Waals surface area contributed by atoms with Crippen LogP contribution in [-0.4, -0.2) is 47.3 Å². The molecule has 1 aliphatic heterocycles. The van der Waals surface area contributed by atoms with Crippen LogP contribution in [0.1, 0.15) is 17.7 Å². The van der Waals surface area contributed by atoms with Crippen LogP contribution in [0.2, 0.25) is 5.02 Å². The zero-order valence-electron chi connectivity index (χ0n) is 17.5. The molecule has 0 radical (unpaired) electrons. The average molecular weight is 440 g/mol. The quantitative estimate of drug-likeness (QED) is 0.535. The standard InChI is InChI=1S/C24H26ClN3O3/c1-30-23-9-12-27(16-23)11-8-18-2-6-21(7-3-18)28-13-10-22(14-24(28)29)31-17-20-5-4-19(25)15-26-20/h2-7,10,13-15,23H,8-9,11-12,16-17H2,1H3/t23-/m0/s1. The highest BCUT2D eigenvalue weighted by atomic mass is 35.5. The summed E-state index contributed by atoms with van der Waals surface area (Å²) in [4.78, 5) is 19.2. The second kappa shape index (κ2) is 10.1. The third kappa shape index (κ3) is 5.73. The summed E-state index contributed by atoms with van der Waals surface area (Å²) in [7, 11) is 1.78. The van der Waals surface area contributed by atoms with E-state index in [1.54, 1.807) is 42.3 Å². The predicted molar refractivity (Wildman–Crippen MR) is 121 cm³/mol. The summed E-state index contributed by atoms with van der Waals surface area (Å²) < 4.78 is 12.7. The predicted octanol–water partition coefficient (Wildman–Crippen LogP) is 3.73. The second-order valence-electron chi connectivity index (χ2n) is 7.69. The Balaban J connectivity index is 1.34. The lowest BCUT2D eigenvalue weighted by atomic mass is 10.1. The van der Waals surface area contributed by atoms with Crippen LogP contribution in [0, 0.1) is 0 Å². The van der Waals surface area contributed by atoms with E-state index in [4.69, 9.17) is 21.1 Å². The topological polar surface area (TPSA) is 56.6 Å². The first-order valence-corrected chi connectivity index (χ1v) is 10.8. The zero-order chi connectivity index (χ0) is 21.6. The van der Waals surface area contributed by atoms with E-state index in [1.807, 2.05) is 12.1 Å². The molecule has 1 aliphatic rings. The first kappa shape index (κ1) is 21.6. The van der Waals surface area contributed by atoms with Gasteiger partial charge in [0.25, 0.3) is 5.56 Å². The van der Waals surface area contributed by atoms with Crippen LogP contribution in [0.4, 0.5) is 0 Å². The Morgan fingerprint density at radius 2 is 2.00 bits per heavy atom. The molecule has 2 aromatic heterocycles. The van der Waals surface area contributed by atoms with Gasteiger partial charge in [-0.15, -0.1) is 0 Å². The highest BCUT2D eigenvalue weighted by Gasteiger charge is 2.21. The van der Waals surface area contributed by atoms with Gasteiger partial charge in [0, 0.05) is 50.9 Å². The minimum atomic E-state index is -0.142. The van der Waals surface area contributed by atoms with Gasteiger partial charge in [0.2, 0.25) is 0 Å². The Morgan fingerprint density at radius 3 is 2.68 bits per heavy atom. The summed E-state index contributed by atoms with van der Waals surface area (Å²) in [5, 5.41) is 0.577. The molecule has 1 fully saturated rings. The van der Waals surface area contributed by atoms with Crippen molar-refractivity contribution in [3.05, 3.63) is 87.6 Å². The number of hydrogen-bond donors (Lipinski definition) is 0. The monoisotopic (exact) mass is 439 g/mol. The molecule has 0 amide bonds. The molecule has 0 saturated carbocycles. The normalized spacial score (nSPS) is 16.5. The molecule has 0 unspecified atom stereocenters. The molecular weight excluding hydrogens is 414 g/mol. The molecule has 0 bridgehead atoms. The van der Waals surface area contributed by atoms with Crippen LogP contribution in [0.15, 0.2) is 65.7 Å². The minimum absolute atomic E-state index is 0.142. The SMILES string of the molecule is CO[C@H]1CCN(CCc2ccc(-n3ccc(OCc4ccc(Cl)cn4)cc3=O)cc2)C1. The average Bonchev–Trinajstić information content (AvgIpc) is 3.26. The molecule has 3 aromatic rings. The van der Waals surface area contributed by atoms with E-state index in [9.17, 15) is 4.79 Å². The number of methoxy groups -OCH3 is 1. The fourth-order valence-electron chi connectivity index (χ4n) is 3.72. The van der Waals surface area contributed by atoms with Crippen LogP contribution >= 0.6 is 11.6 Å². The molecule has 1 aromatic carbocycles. The van der Waals surface area contributed by atoms with Gasteiger partial charge in [0.15, 0.2) is 0 Å². The van der Waals surface area contributed by atoms with Gasteiger partial charge >= 0.3 is 0 Å². The van der Waals surface area contributed by atoms with Gasteiger partial charge < -0.3 is 14.4 Å². The molecule has 1 atom stereocenters. The second-order valence-corrected chi connectivity index (χ2v) is 8.13. The largest absolute Gasteiger partial charge is 0.487 e. The number of rotatable bonds is 8. The summed E-state index contributed by atoms with van der Waals surface area (Å²) in [6, 6.07) is 15.0. The number of aromatic nitrogens is 2. The van der Waals surface area contributed by atoms with Crippen molar-refractivity contribution in [2.45, 2.75) is 25.6 Å². The number of ether oxygens (including phenoxy) is 2. The lowest BCUT2D eigenvalue weighted by Gasteiger charge is -2.15. The van der Waals surface area contributed by atoms with Gasteiger partial charge in [-0.05, 0) is 48.7 Å². The number of nitrogens with zero attached hydrogens (tertiary/aromatic N) is 3. The van der Waals surface area contributed by atoms with Crippen LogP contribution < -0.4 is 10.3 Å². The van der Waals surface area contributed by atoms with Crippen molar-refractivity contribution in [3.63, 3.8) is 0 Å². The van der Waals surface area contributed by atoms with Gasteiger partial charge in [0.1, 0.15) is 12.4 Å². The van der Waals surface area contributed by atoms with Crippen molar-refractivity contribution >= 4 is 11.6 Å². The molecule has 1 saturated heterocycles. The Labute approximate surface area is 187 Å². The lowest BCUT2D eigenvalue weighted by Crippen LogP contribution is -2.25. The Morgan fingerprint density at radius 1 is 1.16 bits per heavy atom. The van der Waals surface area contributed by atoms with Crippen LogP contribution in [-0.2, 0) is 17.8 Å². The van der Waals surface area contributed by atoms with Crippen LogP contribution in [0.5, 0.6) is 5.75 Å². The lowest BCUT2D eigenvalue weighted by molar-refractivity contribution is 0.108. The maximum atomic E-state index is 12.6. The van der Waals surface area contributed by atoms with E-state index in [2.05, 4.69) is 22.0 Å². The molecule has 3 heterocycles. The smallest absolute Gasteiger partial charge is 0.258 e. The van der Waals surface area contributed by atoms with Gasteiger partial charge in [-0.3, -0.25) is 14.3 Å². The number of hydrogen-bond acceptors (Lipinski definition) is 5. The Kier molecular flexibility index (Phi) is 7.02. The molecule has 0 N–H and O–H groups in total. The zero-order valence-corrected chi connectivity index (χ0v) is 18.3. The molecule has 0 spiro atoms. The minimum Gasteiger partial charge on any atom is -0.487 e. The van der Waals surface area contributed by atoms with Crippen LogP contribution in [0.25, 0.3) is 5.69 Å². The summed E-state index contributed by atoms with van der Waals surface area (Å²) in [5.74, 6) is 0.509. The number of pyridine rings is 2. The van der Waals surface area contributed by atoms with Gasteiger partial charge in [-0.25, -0.2) is 0 Å². The van der Waals surface area contributed by atoms with Crippen molar-refractivity contribution < 1.29 is 9.47 Å². The van der Waals surface area contributed by atoms with Crippen LogP contribution in [0.3, 0.4) is 0 Å². The van der Waals surface area contributed by atoms with Crippen molar-refractivity contribution in [3.8, 4) is 11.4 Å². The molecular formula is C24H26ClN3O3. The third-order valence-electron chi connectivity index (χ3n) is 5.56. The molecule has 162 valence electrons. The van der Waals surface area contributed by atoms with E-state index < -0.39 is 0 Å². The maximum Gasteiger partial charge on any atom is 0.258 e. The van der Waals surface area contributed by atoms with Crippen molar-refractivity contribution in [2.75, 3.05) is 26.7 Å². The van der Waals surface area contributed by atoms with E-state index in [0.29, 0.717) is 16.9 Å². The first-order chi connectivity index (χ1) is 15.1. The van der Waals surface area contributed by atoms with Gasteiger partial charge in [-0.2, -0.15) is 0 Å². The summed E-state index contributed by atoms with van der Waals surface area (Å²) in [5.41, 5.74) is 2.70. The summed E-state index contributed by atoms with van der Waals surface area (Å²) in [6.45, 7) is 3.39. The summed E-state index contributed by atoms with van der Waals surface area (Å²) in [6.07, 6.45) is 5.76. The van der Waals surface area contributed by atoms with Gasteiger partial charge in [-0.1, -0.05) is 23.7 Å². The number of likely N-dealkylation sites (tertiary alicyclic amines) is 1. The van der Waals surface area contributed by atoms with E-state index >= 15 is 0 Å². The van der Waals surface area contributed by atoms with Crippen molar-refractivity contribution in [1.29, 1.82) is 0 Å². The number of benzene rings is 1. The molecule has 6 nitrogen and oxygen atoms in total. The fourth-order valence-corrected chi connectivity index (χ4v) is 3.83. The van der Waals surface area contributed by atoms with Gasteiger partial charge in [0.05, 0.1) is 16.8 Å². The third-order valence-corrected chi connectivity index (χ3v) is 5.78. The van der Waals surface area contributed by atoms with Crippen molar-refractivity contribution in [2.24, 2.45) is 0 Å². The molecule has 31 heavy (non-hydrogen) atoms. The van der Waals surface area contributed by atoms with E-state index in [1.165, 1.54) is 11.6 Å². The van der Waals surface area contributed by atoms with Crippen molar-refractivity contribution in [1.82, 2.24) is 14.5 Å². The van der Waals surface area contributed by atoms with E-state index in [-0.39, 0.29) is 12.2 Å².